The smallest absolute Gasteiger partial charge is 0.178 e. The fraction of sp³-hybridized carbons (Fsp3) is 0.182. The number of rotatable bonds is 4. The van der Waals surface area contributed by atoms with E-state index in [1.54, 1.807) is 6.07 Å². The van der Waals surface area contributed by atoms with Crippen LogP contribution in [0.25, 0.3) is 0 Å². The second-order valence-corrected chi connectivity index (χ2v) is 5.55. The summed E-state index contributed by atoms with van der Waals surface area (Å²) >= 11 is 7.20. The Hall–Kier alpha value is -1.44. The van der Waals surface area contributed by atoms with Crippen molar-refractivity contribution in [2.24, 2.45) is 5.84 Å². The van der Waals surface area contributed by atoms with Crippen molar-refractivity contribution >= 4 is 34.6 Å². The van der Waals surface area contributed by atoms with Crippen LogP contribution in [0.4, 0.5) is 20.4 Å². The summed E-state index contributed by atoms with van der Waals surface area (Å²) in [5.74, 6) is 3.16. The molecule has 0 fully saturated rings. The van der Waals surface area contributed by atoms with E-state index in [9.17, 15) is 8.78 Å². The molecule has 2 aromatic heterocycles. The molecule has 0 saturated heterocycles. The number of halogens is 3. The van der Waals surface area contributed by atoms with E-state index in [1.807, 2.05) is 13.0 Å². The minimum atomic E-state index is -0.850. The van der Waals surface area contributed by atoms with Crippen molar-refractivity contribution in [3.05, 3.63) is 39.0 Å². The van der Waals surface area contributed by atoms with Crippen molar-refractivity contribution in [2.75, 3.05) is 10.7 Å². The summed E-state index contributed by atoms with van der Waals surface area (Å²) < 4.78 is 27.4. The van der Waals surface area contributed by atoms with Gasteiger partial charge in [-0.05, 0) is 19.1 Å². The molecule has 2 rings (SSSR count). The van der Waals surface area contributed by atoms with Gasteiger partial charge in [0.25, 0.3) is 0 Å². The average molecular weight is 305 g/mol. The Labute approximate surface area is 117 Å². The van der Waals surface area contributed by atoms with Gasteiger partial charge in [0.05, 0.1) is 10.4 Å². The first-order chi connectivity index (χ1) is 9.01. The summed E-state index contributed by atoms with van der Waals surface area (Å²) in [6.45, 7) is 1.82. The highest BCUT2D eigenvalue weighted by Crippen LogP contribution is 2.29. The van der Waals surface area contributed by atoms with Gasteiger partial charge in [0, 0.05) is 10.9 Å². The Morgan fingerprint density at radius 2 is 2.00 bits per heavy atom. The van der Waals surface area contributed by atoms with Crippen LogP contribution in [0.2, 0.25) is 4.34 Å². The maximum absolute atomic E-state index is 13.6. The molecule has 0 saturated carbocycles. The molecule has 4 nitrogen and oxygen atoms in total. The summed E-state index contributed by atoms with van der Waals surface area (Å²) in [4.78, 5) is 4.65. The predicted octanol–water partition coefficient (Wildman–Crippen LogP) is 3.53. The summed E-state index contributed by atoms with van der Waals surface area (Å²) in [6, 6.07) is 4.09. The lowest BCUT2D eigenvalue weighted by Crippen LogP contribution is -2.14. The van der Waals surface area contributed by atoms with Gasteiger partial charge < -0.3 is 10.7 Å². The van der Waals surface area contributed by atoms with Crippen molar-refractivity contribution in [3.8, 4) is 0 Å². The first-order valence-electron chi connectivity index (χ1n) is 5.35. The monoisotopic (exact) mass is 304 g/mol. The molecule has 8 heteroatoms. The lowest BCUT2D eigenvalue weighted by Gasteiger charge is -2.14. The van der Waals surface area contributed by atoms with Crippen LogP contribution in [0.1, 0.15) is 17.8 Å². The summed E-state index contributed by atoms with van der Waals surface area (Å²) in [5.41, 5.74) is 2.07. The standard InChI is InChI=1S/C11H11ClF2N4S/c1-5(8-2-3-9(12)19-8)16-10-6(13)4-7(14)11(17-10)18-15/h2-5H,15H2,1H3,(H2,16,17,18). The number of hydrazine groups is 1. The molecule has 2 heterocycles. The van der Waals surface area contributed by atoms with Crippen LogP contribution >= 0.6 is 22.9 Å². The van der Waals surface area contributed by atoms with E-state index in [-0.39, 0.29) is 17.7 Å². The highest BCUT2D eigenvalue weighted by molar-refractivity contribution is 7.16. The molecule has 102 valence electrons. The molecule has 2 aromatic rings. The molecule has 0 radical (unpaired) electrons. The summed E-state index contributed by atoms with van der Waals surface area (Å²) in [5, 5.41) is 2.85. The van der Waals surface area contributed by atoms with Crippen LogP contribution in [-0.4, -0.2) is 4.98 Å². The van der Waals surface area contributed by atoms with Gasteiger partial charge in [0.1, 0.15) is 0 Å². The number of thiophene rings is 1. The normalized spacial score (nSPS) is 12.3. The maximum Gasteiger partial charge on any atom is 0.178 e. The van der Waals surface area contributed by atoms with Gasteiger partial charge in [-0.25, -0.2) is 19.6 Å². The summed E-state index contributed by atoms with van der Waals surface area (Å²) in [6.07, 6.45) is 0. The van der Waals surface area contributed by atoms with E-state index >= 15 is 0 Å². The van der Waals surface area contributed by atoms with Crippen molar-refractivity contribution in [2.45, 2.75) is 13.0 Å². The van der Waals surface area contributed by atoms with Gasteiger partial charge in [-0.3, -0.25) is 0 Å². The van der Waals surface area contributed by atoms with E-state index in [0.717, 1.165) is 10.9 Å². The van der Waals surface area contributed by atoms with Crippen LogP contribution in [0.5, 0.6) is 0 Å². The third-order valence-electron chi connectivity index (χ3n) is 2.44. The number of pyridine rings is 1. The molecule has 0 aliphatic rings. The second-order valence-electron chi connectivity index (χ2n) is 3.80. The Morgan fingerprint density at radius 3 is 2.58 bits per heavy atom. The molecule has 0 bridgehead atoms. The molecule has 0 aliphatic heterocycles. The van der Waals surface area contributed by atoms with Crippen LogP contribution in [-0.2, 0) is 0 Å². The summed E-state index contributed by atoms with van der Waals surface area (Å²) in [7, 11) is 0. The predicted molar refractivity (Wildman–Crippen MR) is 73.3 cm³/mol. The number of hydrogen-bond donors (Lipinski definition) is 3. The number of aromatic nitrogens is 1. The molecule has 0 spiro atoms. The minimum absolute atomic E-state index is 0.0774. The molecule has 19 heavy (non-hydrogen) atoms. The molecular formula is C11H11ClF2N4S. The van der Waals surface area contributed by atoms with Gasteiger partial charge in [0.15, 0.2) is 23.3 Å². The number of nitrogens with zero attached hydrogens (tertiary/aromatic N) is 1. The maximum atomic E-state index is 13.6. The number of anilines is 2. The molecule has 0 aliphatic carbocycles. The van der Waals surface area contributed by atoms with Gasteiger partial charge in [-0.1, -0.05) is 11.6 Å². The van der Waals surface area contributed by atoms with E-state index < -0.39 is 11.6 Å². The number of hydrogen-bond acceptors (Lipinski definition) is 5. The Morgan fingerprint density at radius 1 is 1.32 bits per heavy atom. The van der Waals surface area contributed by atoms with E-state index in [2.05, 4.69) is 15.7 Å². The Balaban J connectivity index is 2.23. The highest BCUT2D eigenvalue weighted by Gasteiger charge is 2.15. The van der Waals surface area contributed by atoms with Gasteiger partial charge in [0.2, 0.25) is 0 Å². The lowest BCUT2D eigenvalue weighted by molar-refractivity contribution is 0.576. The van der Waals surface area contributed by atoms with Crippen molar-refractivity contribution in [3.63, 3.8) is 0 Å². The fourth-order valence-electron chi connectivity index (χ4n) is 1.51. The zero-order valence-corrected chi connectivity index (χ0v) is 11.4. The van der Waals surface area contributed by atoms with Crippen LogP contribution in [0.15, 0.2) is 18.2 Å². The topological polar surface area (TPSA) is 63.0 Å². The Kier molecular flexibility index (Phi) is 4.18. The zero-order chi connectivity index (χ0) is 14.0. The van der Waals surface area contributed by atoms with Crippen molar-refractivity contribution in [1.29, 1.82) is 0 Å². The van der Waals surface area contributed by atoms with Gasteiger partial charge in [-0.15, -0.1) is 11.3 Å². The molecular weight excluding hydrogens is 294 g/mol. The van der Waals surface area contributed by atoms with E-state index in [0.29, 0.717) is 4.34 Å². The SMILES string of the molecule is CC(Nc1nc(NN)c(F)cc1F)c1ccc(Cl)s1. The van der Waals surface area contributed by atoms with Crippen LogP contribution in [0, 0.1) is 11.6 Å². The first-order valence-corrected chi connectivity index (χ1v) is 6.55. The van der Waals surface area contributed by atoms with Crippen LogP contribution < -0.4 is 16.6 Å². The van der Waals surface area contributed by atoms with Crippen molar-refractivity contribution in [1.82, 2.24) is 4.98 Å². The number of nitrogens with two attached hydrogens (primary N) is 1. The average Bonchev–Trinajstić information content (AvgIpc) is 2.79. The molecule has 1 atom stereocenters. The van der Waals surface area contributed by atoms with E-state index in [4.69, 9.17) is 17.4 Å². The minimum Gasteiger partial charge on any atom is -0.360 e. The third kappa shape index (κ3) is 3.12. The van der Waals surface area contributed by atoms with Crippen molar-refractivity contribution < 1.29 is 8.78 Å². The highest BCUT2D eigenvalue weighted by atomic mass is 35.5. The van der Waals surface area contributed by atoms with Gasteiger partial charge in [-0.2, -0.15) is 0 Å². The Bertz CT molecular complexity index is 590. The zero-order valence-electron chi connectivity index (χ0n) is 9.88. The molecule has 0 aromatic carbocycles. The molecule has 0 amide bonds. The number of nitrogen functional groups attached to an aromatic ring is 1. The van der Waals surface area contributed by atoms with E-state index in [1.165, 1.54) is 11.3 Å². The van der Waals surface area contributed by atoms with Crippen LogP contribution in [0.3, 0.4) is 0 Å². The fourth-order valence-corrected chi connectivity index (χ4v) is 2.57. The van der Waals surface area contributed by atoms with Gasteiger partial charge >= 0.3 is 0 Å². The molecule has 4 N–H and O–H groups in total. The molecule has 1 unspecified atom stereocenters. The lowest BCUT2D eigenvalue weighted by atomic mass is 10.2. The third-order valence-corrected chi connectivity index (χ3v) is 3.85. The number of nitrogens with one attached hydrogen (secondary N) is 2. The quantitative estimate of drug-likeness (QED) is 0.597. The first kappa shape index (κ1) is 14.0. The second kappa shape index (κ2) is 5.68. The largest absolute Gasteiger partial charge is 0.360 e.